The van der Waals surface area contributed by atoms with Crippen LogP contribution < -0.4 is 0 Å². The van der Waals surface area contributed by atoms with Crippen LogP contribution >= 0.6 is 0 Å². The summed E-state index contributed by atoms with van der Waals surface area (Å²) >= 11 is 0. The Morgan fingerprint density at radius 1 is 0.842 bits per heavy atom. The molecule has 3 rings (SSSR count). The fraction of sp³-hybridized carbons (Fsp3) is 0.0588. The van der Waals surface area contributed by atoms with Crippen molar-refractivity contribution in [2.24, 2.45) is 0 Å². The van der Waals surface area contributed by atoms with Gasteiger partial charge >= 0.3 is 0 Å². The number of aryl methyl sites for hydroxylation is 1. The minimum Gasteiger partial charge on any atom is -0.507 e. The Kier molecular flexibility index (Phi) is 2.64. The molecule has 2 heteroatoms. The van der Waals surface area contributed by atoms with Gasteiger partial charge in [-0.3, -0.25) is 0 Å². The number of aromatic hydroxyl groups is 2. The molecule has 0 aliphatic heterocycles. The van der Waals surface area contributed by atoms with E-state index in [0.29, 0.717) is 5.56 Å². The van der Waals surface area contributed by atoms with Crippen LogP contribution in [-0.2, 0) is 0 Å². The predicted molar refractivity (Wildman–Crippen MR) is 77.5 cm³/mol. The molecule has 0 fully saturated rings. The van der Waals surface area contributed by atoms with Crippen molar-refractivity contribution in [1.82, 2.24) is 0 Å². The van der Waals surface area contributed by atoms with Crippen LogP contribution in [0.5, 0.6) is 11.5 Å². The van der Waals surface area contributed by atoms with Crippen LogP contribution in [0.3, 0.4) is 0 Å². The Hall–Kier alpha value is -2.48. The molecule has 0 unspecified atom stereocenters. The molecule has 3 aromatic rings. The molecular formula is C17H14O2. The van der Waals surface area contributed by atoms with Gasteiger partial charge in [-0.05, 0) is 29.5 Å². The number of fused-ring (bicyclic) bond motifs is 1. The molecule has 2 nitrogen and oxygen atoms in total. The monoisotopic (exact) mass is 250 g/mol. The zero-order valence-electron chi connectivity index (χ0n) is 10.6. The van der Waals surface area contributed by atoms with E-state index in [2.05, 4.69) is 0 Å². The first-order valence-electron chi connectivity index (χ1n) is 6.18. The van der Waals surface area contributed by atoms with E-state index in [9.17, 15) is 10.2 Å². The third kappa shape index (κ3) is 1.82. The summed E-state index contributed by atoms with van der Waals surface area (Å²) in [6.45, 7) is 1.96. The van der Waals surface area contributed by atoms with Crippen molar-refractivity contribution in [3.05, 3.63) is 60.2 Å². The van der Waals surface area contributed by atoms with E-state index in [4.69, 9.17) is 0 Å². The molecule has 0 radical (unpaired) electrons. The van der Waals surface area contributed by atoms with Crippen molar-refractivity contribution in [3.8, 4) is 22.6 Å². The first-order valence-corrected chi connectivity index (χ1v) is 6.18. The van der Waals surface area contributed by atoms with Crippen molar-refractivity contribution in [2.75, 3.05) is 0 Å². The predicted octanol–water partition coefficient (Wildman–Crippen LogP) is 4.23. The molecule has 0 saturated heterocycles. The van der Waals surface area contributed by atoms with Crippen LogP contribution in [0.4, 0.5) is 0 Å². The van der Waals surface area contributed by atoms with Crippen LogP contribution in [0.15, 0.2) is 54.6 Å². The first kappa shape index (κ1) is 11.6. The van der Waals surface area contributed by atoms with Crippen molar-refractivity contribution in [2.45, 2.75) is 6.92 Å². The lowest BCUT2D eigenvalue weighted by atomic mass is 9.95. The zero-order valence-corrected chi connectivity index (χ0v) is 10.6. The van der Waals surface area contributed by atoms with Crippen molar-refractivity contribution in [1.29, 1.82) is 0 Å². The maximum atomic E-state index is 10.4. The lowest BCUT2D eigenvalue weighted by molar-refractivity contribution is 0.458. The quantitative estimate of drug-likeness (QED) is 0.678. The highest BCUT2D eigenvalue weighted by Gasteiger charge is 2.15. The van der Waals surface area contributed by atoms with Gasteiger partial charge in [0, 0.05) is 5.39 Å². The Morgan fingerprint density at radius 3 is 2.32 bits per heavy atom. The number of benzene rings is 3. The molecule has 0 aromatic heterocycles. The van der Waals surface area contributed by atoms with Crippen LogP contribution in [0, 0.1) is 6.92 Å². The molecule has 0 amide bonds. The molecule has 2 N–H and O–H groups in total. The molecule has 0 saturated carbocycles. The van der Waals surface area contributed by atoms with E-state index in [1.165, 1.54) is 0 Å². The summed E-state index contributed by atoms with van der Waals surface area (Å²) in [5, 5.41) is 22.2. The Morgan fingerprint density at radius 2 is 1.53 bits per heavy atom. The smallest absolute Gasteiger partial charge is 0.134 e. The number of hydrogen-bond donors (Lipinski definition) is 2. The van der Waals surface area contributed by atoms with Gasteiger partial charge in [-0.2, -0.15) is 0 Å². The molecule has 0 spiro atoms. The highest BCUT2D eigenvalue weighted by atomic mass is 16.3. The Bertz CT molecular complexity index is 760. The van der Waals surface area contributed by atoms with Gasteiger partial charge in [0.15, 0.2) is 0 Å². The van der Waals surface area contributed by atoms with E-state index >= 15 is 0 Å². The van der Waals surface area contributed by atoms with E-state index in [1.807, 2.05) is 55.5 Å². The van der Waals surface area contributed by atoms with Crippen molar-refractivity contribution in [3.63, 3.8) is 0 Å². The second-order valence-corrected chi connectivity index (χ2v) is 4.66. The molecule has 0 aliphatic carbocycles. The fourth-order valence-corrected chi connectivity index (χ4v) is 2.43. The molecule has 0 atom stereocenters. The summed E-state index contributed by atoms with van der Waals surface area (Å²) < 4.78 is 0. The van der Waals surface area contributed by atoms with Crippen LogP contribution in [-0.4, -0.2) is 10.2 Å². The van der Waals surface area contributed by atoms with Gasteiger partial charge in [0.2, 0.25) is 0 Å². The number of rotatable bonds is 1. The lowest BCUT2D eigenvalue weighted by Crippen LogP contribution is -1.86. The summed E-state index contributed by atoms with van der Waals surface area (Å²) in [6, 6.07) is 16.9. The van der Waals surface area contributed by atoms with E-state index in [1.54, 1.807) is 6.07 Å². The summed E-state index contributed by atoms with van der Waals surface area (Å²) in [6.07, 6.45) is 0. The molecular weight excluding hydrogens is 236 g/mol. The van der Waals surface area contributed by atoms with Crippen LogP contribution in [0.25, 0.3) is 21.9 Å². The molecule has 19 heavy (non-hydrogen) atoms. The van der Waals surface area contributed by atoms with Crippen LogP contribution in [0.1, 0.15) is 5.56 Å². The van der Waals surface area contributed by atoms with Gasteiger partial charge in [0.05, 0.1) is 5.56 Å². The van der Waals surface area contributed by atoms with Gasteiger partial charge in [0.25, 0.3) is 0 Å². The summed E-state index contributed by atoms with van der Waals surface area (Å²) in [5.41, 5.74) is 2.36. The van der Waals surface area contributed by atoms with E-state index in [-0.39, 0.29) is 11.5 Å². The average molecular weight is 250 g/mol. The third-order valence-corrected chi connectivity index (χ3v) is 3.42. The second-order valence-electron chi connectivity index (χ2n) is 4.66. The zero-order chi connectivity index (χ0) is 13.4. The summed E-state index contributed by atoms with van der Waals surface area (Å²) in [4.78, 5) is 0. The van der Waals surface area contributed by atoms with Gasteiger partial charge < -0.3 is 10.2 Å². The lowest BCUT2D eigenvalue weighted by Gasteiger charge is -2.12. The molecule has 0 aliphatic rings. The standard InChI is InChI=1S/C17H14O2/c1-11-6-2-4-8-13(11)16-15(18)10-12-7-3-5-9-14(12)17(16)19/h2-10,18-19H,1H3. The summed E-state index contributed by atoms with van der Waals surface area (Å²) in [5.74, 6) is 0.232. The fourth-order valence-electron chi connectivity index (χ4n) is 2.43. The summed E-state index contributed by atoms with van der Waals surface area (Å²) in [7, 11) is 0. The molecule has 94 valence electrons. The van der Waals surface area contributed by atoms with Gasteiger partial charge in [-0.15, -0.1) is 0 Å². The Labute approximate surface area is 111 Å². The normalized spacial score (nSPS) is 10.8. The van der Waals surface area contributed by atoms with Gasteiger partial charge in [-0.1, -0.05) is 48.5 Å². The maximum absolute atomic E-state index is 10.4. The number of hydrogen-bond acceptors (Lipinski definition) is 2. The van der Waals surface area contributed by atoms with Crippen molar-refractivity contribution < 1.29 is 10.2 Å². The SMILES string of the molecule is Cc1ccccc1-c1c(O)cc2ccccc2c1O. The number of phenolic OH excluding ortho intramolecular Hbond substituents is 2. The minimum absolute atomic E-state index is 0.102. The molecule has 0 bridgehead atoms. The third-order valence-electron chi connectivity index (χ3n) is 3.42. The van der Waals surface area contributed by atoms with Gasteiger partial charge in [0.1, 0.15) is 11.5 Å². The highest BCUT2D eigenvalue weighted by Crippen LogP contribution is 2.43. The van der Waals surface area contributed by atoms with E-state index < -0.39 is 0 Å². The Balaban J connectivity index is 2.39. The topological polar surface area (TPSA) is 40.5 Å². The average Bonchev–Trinajstić information content (AvgIpc) is 2.41. The molecule has 0 heterocycles. The molecule has 3 aromatic carbocycles. The van der Waals surface area contributed by atoms with E-state index in [0.717, 1.165) is 21.9 Å². The second kappa shape index (κ2) is 4.32. The number of phenols is 2. The minimum atomic E-state index is 0.102. The highest BCUT2D eigenvalue weighted by molar-refractivity contribution is 5.98. The van der Waals surface area contributed by atoms with Crippen LogP contribution in [0.2, 0.25) is 0 Å². The largest absolute Gasteiger partial charge is 0.507 e. The maximum Gasteiger partial charge on any atom is 0.134 e. The van der Waals surface area contributed by atoms with Gasteiger partial charge in [-0.25, -0.2) is 0 Å². The van der Waals surface area contributed by atoms with Crippen molar-refractivity contribution >= 4 is 10.8 Å². The first-order chi connectivity index (χ1) is 9.18.